The molecule has 1 aliphatic rings. The summed E-state index contributed by atoms with van der Waals surface area (Å²) in [6.07, 6.45) is 3.19. The fourth-order valence-corrected chi connectivity index (χ4v) is 2.79. The van der Waals surface area contributed by atoms with Crippen LogP contribution in [0, 0.1) is 5.82 Å². The smallest absolute Gasteiger partial charge is 0.272 e. The SMILES string of the molecule is O=C(NCc1ccc(Br)cc1F)c1cc2n(n1)CCCC2. The normalized spacial score (nSPS) is 13.8. The van der Waals surface area contributed by atoms with E-state index in [0.717, 1.165) is 31.5 Å². The highest BCUT2D eigenvalue weighted by Crippen LogP contribution is 2.17. The molecule has 0 spiro atoms. The molecule has 0 bridgehead atoms. The minimum Gasteiger partial charge on any atom is -0.346 e. The van der Waals surface area contributed by atoms with E-state index in [9.17, 15) is 9.18 Å². The minimum absolute atomic E-state index is 0.153. The van der Waals surface area contributed by atoms with E-state index >= 15 is 0 Å². The second-order valence-corrected chi connectivity index (χ2v) is 6.04. The van der Waals surface area contributed by atoms with Crippen LogP contribution in [0.2, 0.25) is 0 Å². The van der Waals surface area contributed by atoms with Crippen LogP contribution in [0.3, 0.4) is 0 Å². The first kappa shape index (κ1) is 14.3. The van der Waals surface area contributed by atoms with E-state index in [2.05, 4.69) is 26.3 Å². The lowest BCUT2D eigenvalue weighted by Gasteiger charge is -2.11. The summed E-state index contributed by atoms with van der Waals surface area (Å²) < 4.78 is 16.3. The summed E-state index contributed by atoms with van der Waals surface area (Å²) in [7, 11) is 0. The lowest BCUT2D eigenvalue weighted by Crippen LogP contribution is -2.24. The summed E-state index contributed by atoms with van der Waals surface area (Å²) in [6.45, 7) is 1.02. The Balaban J connectivity index is 1.67. The van der Waals surface area contributed by atoms with Crippen molar-refractivity contribution in [1.29, 1.82) is 0 Å². The van der Waals surface area contributed by atoms with Crippen molar-refractivity contribution in [2.45, 2.75) is 32.4 Å². The Labute approximate surface area is 130 Å². The molecule has 1 amide bonds. The fraction of sp³-hybridized carbons (Fsp3) is 0.333. The maximum atomic E-state index is 13.7. The summed E-state index contributed by atoms with van der Waals surface area (Å²) in [6, 6.07) is 6.61. The molecular formula is C15H15BrFN3O. The van der Waals surface area contributed by atoms with Gasteiger partial charge in [-0.05, 0) is 37.5 Å². The quantitative estimate of drug-likeness (QED) is 0.923. The maximum Gasteiger partial charge on any atom is 0.272 e. The van der Waals surface area contributed by atoms with E-state index in [1.54, 1.807) is 12.1 Å². The molecule has 21 heavy (non-hydrogen) atoms. The molecule has 1 aromatic carbocycles. The highest BCUT2D eigenvalue weighted by Gasteiger charge is 2.16. The number of rotatable bonds is 3. The second-order valence-electron chi connectivity index (χ2n) is 5.12. The number of aromatic nitrogens is 2. The topological polar surface area (TPSA) is 46.9 Å². The number of nitrogens with one attached hydrogen (secondary N) is 1. The van der Waals surface area contributed by atoms with Crippen LogP contribution in [0.4, 0.5) is 4.39 Å². The Morgan fingerprint density at radius 3 is 3.00 bits per heavy atom. The third-order valence-corrected chi connectivity index (χ3v) is 4.10. The highest BCUT2D eigenvalue weighted by molar-refractivity contribution is 9.10. The molecule has 0 fully saturated rings. The largest absolute Gasteiger partial charge is 0.346 e. The van der Waals surface area contributed by atoms with Gasteiger partial charge in [0.05, 0.1) is 0 Å². The van der Waals surface area contributed by atoms with Crippen LogP contribution in [0.5, 0.6) is 0 Å². The van der Waals surface area contributed by atoms with E-state index < -0.39 is 0 Å². The summed E-state index contributed by atoms with van der Waals surface area (Å²) in [5.41, 5.74) is 1.96. The number of hydrogen-bond acceptors (Lipinski definition) is 2. The number of hydrogen-bond donors (Lipinski definition) is 1. The number of benzene rings is 1. The predicted molar refractivity (Wildman–Crippen MR) is 80.4 cm³/mol. The van der Waals surface area contributed by atoms with Crippen molar-refractivity contribution >= 4 is 21.8 Å². The Kier molecular flexibility index (Phi) is 4.05. The monoisotopic (exact) mass is 351 g/mol. The molecule has 2 aromatic rings. The number of aryl methyl sites for hydroxylation is 2. The molecule has 0 saturated carbocycles. The molecule has 1 N–H and O–H groups in total. The average molecular weight is 352 g/mol. The third kappa shape index (κ3) is 3.15. The zero-order chi connectivity index (χ0) is 14.8. The molecule has 1 aromatic heterocycles. The van der Waals surface area contributed by atoms with Gasteiger partial charge in [0.15, 0.2) is 0 Å². The molecule has 0 saturated heterocycles. The first-order chi connectivity index (χ1) is 10.1. The van der Waals surface area contributed by atoms with Gasteiger partial charge in [-0.1, -0.05) is 22.0 Å². The minimum atomic E-state index is -0.339. The zero-order valence-electron chi connectivity index (χ0n) is 11.4. The van der Waals surface area contributed by atoms with Crippen LogP contribution >= 0.6 is 15.9 Å². The molecule has 0 unspecified atom stereocenters. The van der Waals surface area contributed by atoms with Crippen LogP contribution < -0.4 is 5.32 Å². The molecule has 3 rings (SSSR count). The Bertz CT molecular complexity index is 660. The van der Waals surface area contributed by atoms with E-state index in [0.29, 0.717) is 15.7 Å². The zero-order valence-corrected chi connectivity index (χ0v) is 13.0. The number of carbonyl (C=O) groups is 1. The summed E-state index contributed by atoms with van der Waals surface area (Å²) in [4.78, 5) is 12.1. The van der Waals surface area contributed by atoms with Crippen molar-refractivity contribution in [3.63, 3.8) is 0 Å². The van der Waals surface area contributed by atoms with Crippen LogP contribution in [0.15, 0.2) is 28.7 Å². The number of fused-ring (bicyclic) bond motifs is 1. The molecule has 2 heterocycles. The number of amides is 1. The molecular weight excluding hydrogens is 337 g/mol. The van der Waals surface area contributed by atoms with Crippen molar-refractivity contribution in [2.75, 3.05) is 0 Å². The van der Waals surface area contributed by atoms with Crippen LogP contribution in [-0.2, 0) is 19.5 Å². The van der Waals surface area contributed by atoms with Crippen LogP contribution in [0.25, 0.3) is 0 Å². The molecule has 110 valence electrons. The standard InChI is InChI=1S/C15H15BrFN3O/c16-11-5-4-10(13(17)7-11)9-18-15(21)14-8-12-3-1-2-6-20(12)19-14/h4-5,7-8H,1-3,6,9H2,(H,18,21). The van der Waals surface area contributed by atoms with Gasteiger partial charge in [-0.15, -0.1) is 0 Å². The van der Waals surface area contributed by atoms with Crippen molar-refractivity contribution in [2.24, 2.45) is 0 Å². The lowest BCUT2D eigenvalue weighted by molar-refractivity contribution is 0.0944. The fourth-order valence-electron chi connectivity index (χ4n) is 2.46. The Morgan fingerprint density at radius 2 is 2.24 bits per heavy atom. The third-order valence-electron chi connectivity index (χ3n) is 3.60. The van der Waals surface area contributed by atoms with Crippen molar-refractivity contribution in [3.8, 4) is 0 Å². The molecule has 0 atom stereocenters. The Morgan fingerprint density at radius 1 is 1.38 bits per heavy atom. The predicted octanol–water partition coefficient (Wildman–Crippen LogP) is 3.05. The van der Waals surface area contributed by atoms with Gasteiger partial charge in [0.25, 0.3) is 5.91 Å². The van der Waals surface area contributed by atoms with Crippen molar-refractivity contribution in [3.05, 3.63) is 51.5 Å². The number of nitrogens with zero attached hydrogens (tertiary/aromatic N) is 2. The summed E-state index contributed by atoms with van der Waals surface area (Å²) in [5.74, 6) is -0.604. The van der Waals surface area contributed by atoms with Gasteiger partial charge in [-0.3, -0.25) is 9.48 Å². The number of halogens is 2. The summed E-state index contributed by atoms with van der Waals surface area (Å²) >= 11 is 3.21. The van der Waals surface area contributed by atoms with E-state index in [1.807, 2.05) is 10.7 Å². The van der Waals surface area contributed by atoms with Gasteiger partial charge in [-0.2, -0.15) is 5.10 Å². The van der Waals surface area contributed by atoms with Gasteiger partial charge in [-0.25, -0.2) is 4.39 Å². The summed E-state index contributed by atoms with van der Waals surface area (Å²) in [5, 5.41) is 7.02. The second kappa shape index (κ2) is 5.97. The lowest BCUT2D eigenvalue weighted by atomic mass is 10.1. The molecule has 1 aliphatic heterocycles. The average Bonchev–Trinajstić information content (AvgIpc) is 2.90. The first-order valence-electron chi connectivity index (χ1n) is 6.92. The molecule has 0 aliphatic carbocycles. The molecule has 6 heteroatoms. The molecule has 0 radical (unpaired) electrons. The van der Waals surface area contributed by atoms with Crippen LogP contribution in [-0.4, -0.2) is 15.7 Å². The van der Waals surface area contributed by atoms with E-state index in [1.165, 1.54) is 6.07 Å². The maximum absolute atomic E-state index is 13.7. The van der Waals surface area contributed by atoms with Gasteiger partial charge >= 0.3 is 0 Å². The van der Waals surface area contributed by atoms with Gasteiger partial charge in [0.2, 0.25) is 0 Å². The molecule has 4 nitrogen and oxygen atoms in total. The van der Waals surface area contributed by atoms with Crippen molar-refractivity contribution < 1.29 is 9.18 Å². The van der Waals surface area contributed by atoms with Crippen LogP contribution in [0.1, 0.15) is 34.6 Å². The van der Waals surface area contributed by atoms with Gasteiger partial charge in [0, 0.05) is 28.8 Å². The van der Waals surface area contributed by atoms with Gasteiger partial charge < -0.3 is 5.32 Å². The van der Waals surface area contributed by atoms with Crippen molar-refractivity contribution in [1.82, 2.24) is 15.1 Å². The number of carbonyl (C=O) groups excluding carboxylic acids is 1. The van der Waals surface area contributed by atoms with E-state index in [-0.39, 0.29) is 18.3 Å². The highest BCUT2D eigenvalue weighted by atomic mass is 79.9. The first-order valence-corrected chi connectivity index (χ1v) is 7.71. The van der Waals surface area contributed by atoms with E-state index in [4.69, 9.17) is 0 Å². The Hall–Kier alpha value is -1.69. The van der Waals surface area contributed by atoms with Gasteiger partial charge in [0.1, 0.15) is 11.5 Å².